The number of benzene rings is 2. The van der Waals surface area contributed by atoms with Gasteiger partial charge in [0.1, 0.15) is 6.04 Å². The predicted molar refractivity (Wildman–Crippen MR) is 130 cm³/mol. The molecule has 0 bridgehead atoms. The van der Waals surface area contributed by atoms with Gasteiger partial charge in [-0.15, -0.1) is 0 Å². The van der Waals surface area contributed by atoms with Gasteiger partial charge in [-0.3, -0.25) is 9.59 Å². The zero-order chi connectivity index (χ0) is 24.9. The van der Waals surface area contributed by atoms with Crippen LogP contribution in [0.2, 0.25) is 0 Å². The fourth-order valence-corrected chi connectivity index (χ4v) is 3.41. The van der Waals surface area contributed by atoms with Gasteiger partial charge in [-0.1, -0.05) is 30.3 Å². The number of carbonyl (C=O) groups is 3. The van der Waals surface area contributed by atoms with E-state index in [-0.39, 0.29) is 19.6 Å². The Bertz CT molecular complexity index is 1020. The molecule has 0 saturated heterocycles. The summed E-state index contributed by atoms with van der Waals surface area (Å²) < 4.78 is 16.4. The minimum Gasteiger partial charge on any atom is -0.490 e. The highest BCUT2D eigenvalue weighted by atomic mass is 79.9. The van der Waals surface area contributed by atoms with Crippen LogP contribution in [0.5, 0.6) is 11.5 Å². The van der Waals surface area contributed by atoms with Crippen molar-refractivity contribution in [2.45, 2.75) is 26.3 Å². The average Bonchev–Trinajstić information content (AvgIpc) is 2.79. The highest BCUT2D eigenvalue weighted by Crippen LogP contribution is 2.36. The first-order chi connectivity index (χ1) is 16.3. The Labute approximate surface area is 206 Å². The Kier molecular flexibility index (Phi) is 10.8. The molecule has 10 nitrogen and oxygen atoms in total. The van der Waals surface area contributed by atoms with Crippen LogP contribution < -0.4 is 25.9 Å². The average molecular weight is 535 g/mol. The number of hydrogen-bond donors (Lipinski definition) is 3. The Balaban J connectivity index is 2.13. The fraction of sp³-hybridized carbons (Fsp3) is 0.304. The number of nitrogens with one attached hydrogen (secondary N) is 2. The molecule has 3 amide bonds. The van der Waals surface area contributed by atoms with E-state index in [1.165, 1.54) is 6.21 Å². The van der Waals surface area contributed by atoms with Gasteiger partial charge in [0, 0.05) is 6.42 Å². The van der Waals surface area contributed by atoms with Crippen LogP contribution in [0.4, 0.5) is 4.79 Å². The van der Waals surface area contributed by atoms with Crippen LogP contribution in [0, 0.1) is 0 Å². The maximum absolute atomic E-state index is 12.7. The van der Waals surface area contributed by atoms with E-state index in [2.05, 4.69) is 31.8 Å². The van der Waals surface area contributed by atoms with Crippen LogP contribution in [-0.2, 0) is 20.7 Å². The van der Waals surface area contributed by atoms with Gasteiger partial charge in [0.2, 0.25) is 0 Å². The van der Waals surface area contributed by atoms with Crippen molar-refractivity contribution in [2.75, 3.05) is 19.8 Å². The van der Waals surface area contributed by atoms with Crippen molar-refractivity contribution in [2.24, 2.45) is 10.8 Å². The molecule has 34 heavy (non-hydrogen) atoms. The molecule has 2 aromatic carbocycles. The van der Waals surface area contributed by atoms with E-state index in [9.17, 15) is 14.4 Å². The number of primary amides is 1. The number of nitrogens with zero attached hydrogens (tertiary/aromatic N) is 1. The van der Waals surface area contributed by atoms with Crippen LogP contribution >= 0.6 is 15.9 Å². The zero-order valence-corrected chi connectivity index (χ0v) is 20.5. The number of ether oxygens (including phenoxy) is 3. The number of rotatable bonds is 12. The van der Waals surface area contributed by atoms with Gasteiger partial charge in [-0.25, -0.2) is 10.2 Å². The van der Waals surface area contributed by atoms with Gasteiger partial charge in [-0.05, 0) is 53.0 Å². The van der Waals surface area contributed by atoms with Crippen LogP contribution in [0.3, 0.4) is 0 Å². The van der Waals surface area contributed by atoms with Crippen molar-refractivity contribution in [1.29, 1.82) is 0 Å². The summed E-state index contributed by atoms with van der Waals surface area (Å²) in [6, 6.07) is 11.7. The predicted octanol–water partition coefficient (Wildman–Crippen LogP) is 2.52. The molecule has 0 fully saturated rings. The summed E-state index contributed by atoms with van der Waals surface area (Å²) in [5, 5.41) is 6.55. The summed E-state index contributed by atoms with van der Waals surface area (Å²) >= 11 is 3.37. The Morgan fingerprint density at radius 3 is 2.50 bits per heavy atom. The molecular weight excluding hydrogens is 508 g/mol. The van der Waals surface area contributed by atoms with Crippen molar-refractivity contribution in [1.82, 2.24) is 10.7 Å². The lowest BCUT2D eigenvalue weighted by Gasteiger charge is -2.17. The third kappa shape index (κ3) is 8.74. The summed E-state index contributed by atoms with van der Waals surface area (Å²) in [6.45, 7) is 3.71. The van der Waals surface area contributed by atoms with Crippen molar-refractivity contribution in [3.63, 3.8) is 0 Å². The normalized spacial score (nSPS) is 11.5. The first kappa shape index (κ1) is 26.7. The van der Waals surface area contributed by atoms with E-state index in [1.54, 1.807) is 26.0 Å². The molecule has 1 atom stereocenters. The minimum absolute atomic E-state index is 0.180. The second-order valence-corrected chi connectivity index (χ2v) is 7.71. The lowest BCUT2D eigenvalue weighted by atomic mass is 10.1. The van der Waals surface area contributed by atoms with E-state index in [1.807, 2.05) is 30.3 Å². The van der Waals surface area contributed by atoms with Crippen LogP contribution in [0.1, 0.15) is 25.0 Å². The highest BCUT2D eigenvalue weighted by molar-refractivity contribution is 9.10. The van der Waals surface area contributed by atoms with Gasteiger partial charge in [0.15, 0.2) is 18.1 Å². The number of halogens is 1. The maximum Gasteiger partial charge on any atom is 0.407 e. The molecule has 0 aliphatic rings. The maximum atomic E-state index is 12.7. The molecule has 0 spiro atoms. The first-order valence-electron chi connectivity index (χ1n) is 10.5. The summed E-state index contributed by atoms with van der Waals surface area (Å²) in [5.74, 6) is -0.442. The van der Waals surface area contributed by atoms with Crippen molar-refractivity contribution >= 4 is 40.1 Å². The molecule has 0 aliphatic carbocycles. The molecule has 0 unspecified atom stereocenters. The Morgan fingerprint density at radius 1 is 1.12 bits per heavy atom. The second kappa shape index (κ2) is 13.8. The third-order valence-corrected chi connectivity index (χ3v) is 4.83. The highest BCUT2D eigenvalue weighted by Gasteiger charge is 2.21. The smallest absolute Gasteiger partial charge is 0.407 e. The molecule has 0 saturated carbocycles. The van der Waals surface area contributed by atoms with Crippen molar-refractivity contribution < 1.29 is 28.6 Å². The van der Waals surface area contributed by atoms with Gasteiger partial charge < -0.3 is 25.3 Å². The summed E-state index contributed by atoms with van der Waals surface area (Å²) in [6.07, 6.45) is 0.972. The molecule has 2 rings (SSSR count). The Hall–Kier alpha value is -3.60. The number of amides is 3. The fourth-order valence-electron chi connectivity index (χ4n) is 2.83. The van der Waals surface area contributed by atoms with E-state index < -0.39 is 23.9 Å². The lowest BCUT2D eigenvalue weighted by molar-refractivity contribution is -0.123. The number of alkyl carbamates (subject to hydrolysis) is 1. The molecule has 0 heterocycles. The van der Waals surface area contributed by atoms with E-state index in [0.29, 0.717) is 28.1 Å². The SMILES string of the molecule is CCOC(=O)N[C@H](Cc1ccccc1)C(=O)N/N=C\c1cc(Br)c(OCC(N)=O)c(OCC)c1. The molecule has 0 aromatic heterocycles. The van der Waals surface area contributed by atoms with Gasteiger partial charge >= 0.3 is 6.09 Å². The molecule has 2 aromatic rings. The van der Waals surface area contributed by atoms with E-state index >= 15 is 0 Å². The number of hydrogen-bond acceptors (Lipinski definition) is 7. The lowest BCUT2D eigenvalue weighted by Crippen LogP contribution is -2.47. The quantitative estimate of drug-likeness (QED) is 0.282. The van der Waals surface area contributed by atoms with Gasteiger partial charge in [-0.2, -0.15) is 5.10 Å². The molecule has 182 valence electrons. The van der Waals surface area contributed by atoms with Crippen LogP contribution in [0.15, 0.2) is 52.0 Å². The topological polar surface area (TPSA) is 141 Å². The monoisotopic (exact) mass is 534 g/mol. The van der Waals surface area contributed by atoms with Crippen LogP contribution in [0.25, 0.3) is 0 Å². The third-order valence-electron chi connectivity index (χ3n) is 4.25. The zero-order valence-electron chi connectivity index (χ0n) is 18.9. The summed E-state index contributed by atoms with van der Waals surface area (Å²) in [7, 11) is 0. The van der Waals surface area contributed by atoms with Crippen molar-refractivity contribution in [3.05, 3.63) is 58.1 Å². The molecule has 11 heteroatoms. The van der Waals surface area contributed by atoms with E-state index in [0.717, 1.165) is 5.56 Å². The van der Waals surface area contributed by atoms with Gasteiger partial charge in [0.25, 0.3) is 11.8 Å². The minimum atomic E-state index is -0.895. The standard InChI is InChI=1S/C23H27BrN4O6/c1-3-32-19-12-16(10-17(24)21(19)34-14-20(25)29)13-26-28-22(30)18(27-23(31)33-4-2)11-15-8-6-5-7-9-15/h5-10,12-13,18H,3-4,11,14H2,1-2H3,(H2,25,29)(H,27,31)(H,28,30)/b26-13-/t18-/m1/s1. The number of carbonyl (C=O) groups excluding carboxylic acids is 3. The largest absolute Gasteiger partial charge is 0.490 e. The molecule has 0 aliphatic heterocycles. The second-order valence-electron chi connectivity index (χ2n) is 6.86. The molecule has 0 radical (unpaired) electrons. The number of nitrogens with two attached hydrogens (primary N) is 1. The first-order valence-corrected chi connectivity index (χ1v) is 11.3. The van der Waals surface area contributed by atoms with Gasteiger partial charge in [0.05, 0.1) is 23.9 Å². The molecular formula is C23H27BrN4O6. The van der Waals surface area contributed by atoms with Crippen LogP contribution in [-0.4, -0.2) is 50.0 Å². The number of hydrazone groups is 1. The van der Waals surface area contributed by atoms with E-state index in [4.69, 9.17) is 19.9 Å². The van der Waals surface area contributed by atoms with Crippen molar-refractivity contribution in [3.8, 4) is 11.5 Å². The molecule has 4 N–H and O–H groups in total. The summed E-state index contributed by atoms with van der Waals surface area (Å²) in [5.41, 5.74) is 9.02. The summed E-state index contributed by atoms with van der Waals surface area (Å²) in [4.78, 5) is 35.7. The Morgan fingerprint density at radius 2 is 1.85 bits per heavy atom.